The van der Waals surface area contributed by atoms with E-state index in [0.29, 0.717) is 11.3 Å². The van der Waals surface area contributed by atoms with Gasteiger partial charge in [0.15, 0.2) is 5.15 Å². The second-order valence-corrected chi connectivity index (χ2v) is 3.86. The second kappa shape index (κ2) is 5.46. The van der Waals surface area contributed by atoms with Crippen LogP contribution in [0.25, 0.3) is 0 Å². The van der Waals surface area contributed by atoms with Gasteiger partial charge in [-0.2, -0.15) is 0 Å². The van der Waals surface area contributed by atoms with Crippen molar-refractivity contribution < 1.29 is 14.6 Å². The van der Waals surface area contributed by atoms with E-state index in [-0.39, 0.29) is 17.5 Å². The Morgan fingerprint density at radius 3 is 2.67 bits per heavy atom. The van der Waals surface area contributed by atoms with Crippen LogP contribution in [0.15, 0.2) is 36.4 Å². The lowest BCUT2D eigenvalue weighted by Crippen LogP contribution is -2.02. The number of hydrogen-bond acceptors (Lipinski definition) is 4. The van der Waals surface area contributed by atoms with Crippen molar-refractivity contribution in [1.29, 1.82) is 0 Å². The number of halogens is 1. The maximum atomic E-state index is 10.7. The van der Waals surface area contributed by atoms with Crippen molar-refractivity contribution in [3.8, 4) is 11.6 Å². The summed E-state index contributed by atoms with van der Waals surface area (Å²) in [4.78, 5) is 10.7. The van der Waals surface area contributed by atoms with Crippen molar-refractivity contribution in [1.82, 2.24) is 10.2 Å². The fraction of sp³-hybridized carbons (Fsp3) is 0.0833. The Morgan fingerprint density at radius 1 is 1.22 bits per heavy atom. The molecule has 0 bridgehead atoms. The number of ether oxygens (including phenoxy) is 1. The number of nitrogens with zero attached hydrogens (tertiary/aromatic N) is 2. The van der Waals surface area contributed by atoms with Crippen LogP contribution in [-0.2, 0) is 11.2 Å². The highest BCUT2D eigenvalue weighted by Crippen LogP contribution is 2.24. The van der Waals surface area contributed by atoms with Crippen LogP contribution in [0.4, 0.5) is 0 Å². The number of para-hydroxylation sites is 1. The maximum absolute atomic E-state index is 10.7. The monoisotopic (exact) mass is 264 g/mol. The Morgan fingerprint density at radius 2 is 2.00 bits per heavy atom. The van der Waals surface area contributed by atoms with E-state index in [1.165, 1.54) is 0 Å². The fourth-order valence-corrected chi connectivity index (χ4v) is 1.48. The molecule has 92 valence electrons. The Bertz CT molecular complexity index is 558. The number of carboxylic acid groups (broad SMARTS) is 1. The van der Waals surface area contributed by atoms with Crippen molar-refractivity contribution in [3.63, 3.8) is 0 Å². The van der Waals surface area contributed by atoms with Crippen LogP contribution in [0.1, 0.15) is 5.56 Å². The van der Waals surface area contributed by atoms with Gasteiger partial charge in [-0.1, -0.05) is 29.8 Å². The first-order valence-electron chi connectivity index (χ1n) is 5.12. The van der Waals surface area contributed by atoms with Gasteiger partial charge in [0.2, 0.25) is 5.88 Å². The zero-order valence-electron chi connectivity index (χ0n) is 9.21. The highest BCUT2D eigenvalue weighted by Gasteiger charge is 2.08. The van der Waals surface area contributed by atoms with E-state index >= 15 is 0 Å². The smallest absolute Gasteiger partial charge is 0.307 e. The molecule has 1 aromatic carbocycles. The van der Waals surface area contributed by atoms with Crippen LogP contribution in [-0.4, -0.2) is 21.3 Å². The van der Waals surface area contributed by atoms with Gasteiger partial charge in [0, 0.05) is 11.6 Å². The fourth-order valence-electron chi connectivity index (χ4n) is 1.38. The van der Waals surface area contributed by atoms with Crippen molar-refractivity contribution in [2.45, 2.75) is 6.42 Å². The molecule has 1 aromatic heterocycles. The molecule has 0 unspecified atom stereocenters. The molecule has 0 radical (unpaired) electrons. The van der Waals surface area contributed by atoms with Crippen LogP contribution in [0.3, 0.4) is 0 Å². The summed E-state index contributed by atoms with van der Waals surface area (Å²) in [7, 11) is 0. The minimum absolute atomic E-state index is 0.114. The number of aliphatic carboxylic acids is 1. The third-order valence-electron chi connectivity index (χ3n) is 2.14. The first kappa shape index (κ1) is 12.3. The lowest BCUT2D eigenvalue weighted by Gasteiger charge is -2.08. The maximum Gasteiger partial charge on any atom is 0.307 e. The summed E-state index contributed by atoms with van der Waals surface area (Å²) in [5.74, 6) is -0.220. The third kappa shape index (κ3) is 3.18. The minimum atomic E-state index is -0.923. The molecule has 2 aromatic rings. The van der Waals surface area contributed by atoms with E-state index in [0.717, 1.165) is 0 Å². The second-order valence-electron chi connectivity index (χ2n) is 3.47. The molecule has 0 atom stereocenters. The lowest BCUT2D eigenvalue weighted by molar-refractivity contribution is -0.136. The molecule has 0 amide bonds. The van der Waals surface area contributed by atoms with E-state index < -0.39 is 5.97 Å². The lowest BCUT2D eigenvalue weighted by atomic mass is 10.1. The molecular weight excluding hydrogens is 256 g/mol. The van der Waals surface area contributed by atoms with E-state index in [2.05, 4.69) is 10.2 Å². The molecule has 0 saturated carbocycles. The van der Waals surface area contributed by atoms with Crippen molar-refractivity contribution in [3.05, 3.63) is 47.1 Å². The molecule has 0 fully saturated rings. The molecule has 0 aliphatic heterocycles. The van der Waals surface area contributed by atoms with Crippen LogP contribution in [0.5, 0.6) is 11.6 Å². The van der Waals surface area contributed by atoms with E-state index in [1.54, 1.807) is 36.4 Å². The van der Waals surface area contributed by atoms with E-state index in [4.69, 9.17) is 21.4 Å². The first-order valence-corrected chi connectivity index (χ1v) is 5.50. The zero-order chi connectivity index (χ0) is 13.0. The van der Waals surface area contributed by atoms with Gasteiger partial charge in [-0.3, -0.25) is 4.79 Å². The summed E-state index contributed by atoms with van der Waals surface area (Å²) in [6.07, 6.45) is -0.114. The summed E-state index contributed by atoms with van der Waals surface area (Å²) in [6.45, 7) is 0. The highest BCUT2D eigenvalue weighted by atomic mass is 35.5. The summed E-state index contributed by atoms with van der Waals surface area (Å²) in [5, 5.41) is 16.4. The molecule has 1 heterocycles. The quantitative estimate of drug-likeness (QED) is 0.919. The zero-order valence-corrected chi connectivity index (χ0v) is 9.96. The molecule has 18 heavy (non-hydrogen) atoms. The van der Waals surface area contributed by atoms with Gasteiger partial charge in [0.1, 0.15) is 5.75 Å². The molecule has 0 spiro atoms. The van der Waals surface area contributed by atoms with Crippen LogP contribution in [0, 0.1) is 0 Å². The third-order valence-corrected chi connectivity index (χ3v) is 2.34. The van der Waals surface area contributed by atoms with Gasteiger partial charge in [-0.15, -0.1) is 10.2 Å². The van der Waals surface area contributed by atoms with E-state index in [9.17, 15) is 4.79 Å². The van der Waals surface area contributed by atoms with Crippen molar-refractivity contribution in [2.75, 3.05) is 0 Å². The summed E-state index contributed by atoms with van der Waals surface area (Å²) < 4.78 is 5.47. The van der Waals surface area contributed by atoms with Crippen LogP contribution in [0.2, 0.25) is 5.15 Å². The molecule has 6 heteroatoms. The Labute approximate surface area is 108 Å². The number of carbonyl (C=O) groups is 1. The average molecular weight is 265 g/mol. The van der Waals surface area contributed by atoms with Crippen molar-refractivity contribution in [2.24, 2.45) is 0 Å². The van der Waals surface area contributed by atoms with Gasteiger partial charge in [-0.25, -0.2) is 0 Å². The van der Waals surface area contributed by atoms with Gasteiger partial charge < -0.3 is 9.84 Å². The van der Waals surface area contributed by atoms with Crippen LogP contribution < -0.4 is 4.74 Å². The first-order chi connectivity index (χ1) is 8.65. The van der Waals surface area contributed by atoms with Gasteiger partial charge in [0.05, 0.1) is 6.42 Å². The molecule has 1 N–H and O–H groups in total. The highest BCUT2D eigenvalue weighted by molar-refractivity contribution is 6.29. The Balaban J connectivity index is 2.23. The summed E-state index contributed by atoms with van der Waals surface area (Å²) in [5.41, 5.74) is 0.571. The number of aromatic nitrogens is 2. The molecule has 0 saturated heterocycles. The molecule has 5 nitrogen and oxygen atoms in total. The van der Waals surface area contributed by atoms with Gasteiger partial charge in [-0.05, 0) is 12.1 Å². The van der Waals surface area contributed by atoms with E-state index in [1.807, 2.05) is 0 Å². The number of hydrogen-bond donors (Lipinski definition) is 1. The average Bonchev–Trinajstić information content (AvgIpc) is 2.34. The predicted molar refractivity (Wildman–Crippen MR) is 64.9 cm³/mol. The number of rotatable bonds is 4. The van der Waals surface area contributed by atoms with Crippen LogP contribution >= 0.6 is 11.6 Å². The predicted octanol–water partition coefficient (Wildman–Crippen LogP) is 2.55. The SMILES string of the molecule is O=C(O)Cc1ccccc1Oc1ccc(Cl)nn1. The number of carboxylic acids is 1. The van der Waals surface area contributed by atoms with Gasteiger partial charge >= 0.3 is 5.97 Å². The number of benzene rings is 1. The summed E-state index contributed by atoms with van der Waals surface area (Å²) >= 11 is 5.61. The molecule has 0 aliphatic rings. The van der Waals surface area contributed by atoms with Gasteiger partial charge in [0.25, 0.3) is 0 Å². The normalized spacial score (nSPS) is 10.1. The van der Waals surface area contributed by atoms with Crippen molar-refractivity contribution >= 4 is 17.6 Å². The molecule has 2 rings (SSSR count). The standard InChI is InChI=1S/C12H9ClN2O3/c13-10-5-6-11(15-14-10)18-9-4-2-1-3-8(9)7-12(16)17/h1-6H,7H2,(H,16,17). The Hall–Kier alpha value is -2.14. The largest absolute Gasteiger partial charge is 0.481 e. The topological polar surface area (TPSA) is 72.3 Å². The minimum Gasteiger partial charge on any atom is -0.481 e. The molecule has 0 aliphatic carbocycles. The Kier molecular flexibility index (Phi) is 3.74. The molecular formula is C12H9ClN2O3. The summed E-state index contributed by atoms with van der Waals surface area (Å²) in [6, 6.07) is 9.97.